The quantitative estimate of drug-likeness (QED) is 0.444. The highest BCUT2D eigenvalue weighted by Gasteiger charge is 2.35. The van der Waals surface area contributed by atoms with E-state index in [4.69, 9.17) is 16.1 Å². The van der Waals surface area contributed by atoms with Gasteiger partial charge in [0, 0.05) is 47.3 Å². The van der Waals surface area contributed by atoms with Crippen LogP contribution in [-0.2, 0) is 15.6 Å². The van der Waals surface area contributed by atoms with Crippen LogP contribution in [0.1, 0.15) is 16.1 Å². The summed E-state index contributed by atoms with van der Waals surface area (Å²) < 4.78 is 19.7. The Bertz CT molecular complexity index is 1240. The van der Waals surface area contributed by atoms with Crippen LogP contribution >= 0.6 is 19.0 Å². The molecule has 2 aromatic heterocycles. The number of halogens is 1. The third kappa shape index (κ3) is 3.77. The summed E-state index contributed by atoms with van der Waals surface area (Å²) in [6.45, 7) is 0.305. The number of amides is 1. The first-order valence-electron chi connectivity index (χ1n) is 9.23. The van der Waals surface area contributed by atoms with Crippen molar-refractivity contribution in [2.75, 3.05) is 7.11 Å². The molecule has 4 rings (SSSR count). The SMILES string of the molecule is COP(=O)(c1ccccc1)c1c(C(=O)NCc2ccncc2)[nH]c2ccc(Cl)cc12. The van der Waals surface area contributed by atoms with Crippen LogP contribution < -0.4 is 15.9 Å². The predicted molar refractivity (Wildman–Crippen MR) is 119 cm³/mol. The van der Waals surface area contributed by atoms with Gasteiger partial charge in [-0.25, -0.2) is 0 Å². The average molecular weight is 440 g/mol. The Kier molecular flexibility index (Phi) is 5.73. The van der Waals surface area contributed by atoms with E-state index in [1.807, 2.05) is 18.2 Å². The van der Waals surface area contributed by atoms with Crippen molar-refractivity contribution in [1.29, 1.82) is 0 Å². The maximum atomic E-state index is 14.1. The van der Waals surface area contributed by atoms with Crippen LogP contribution in [0.4, 0.5) is 0 Å². The number of carbonyl (C=O) groups is 1. The lowest BCUT2D eigenvalue weighted by Crippen LogP contribution is -2.30. The number of H-pyrrole nitrogens is 1. The molecule has 30 heavy (non-hydrogen) atoms. The molecule has 0 radical (unpaired) electrons. The molecule has 4 aromatic rings. The fourth-order valence-electron chi connectivity index (χ4n) is 3.34. The minimum atomic E-state index is -3.57. The fraction of sp³-hybridized carbons (Fsp3) is 0.0909. The molecule has 1 amide bonds. The van der Waals surface area contributed by atoms with E-state index in [0.29, 0.717) is 33.1 Å². The normalized spacial score (nSPS) is 13.1. The van der Waals surface area contributed by atoms with Gasteiger partial charge in [0.1, 0.15) is 5.69 Å². The molecule has 8 heteroatoms. The van der Waals surface area contributed by atoms with Gasteiger partial charge in [-0.05, 0) is 48.0 Å². The Morgan fingerprint density at radius 3 is 2.57 bits per heavy atom. The Labute approximate surface area is 178 Å². The van der Waals surface area contributed by atoms with Crippen LogP contribution in [0.3, 0.4) is 0 Å². The minimum Gasteiger partial charge on any atom is -0.350 e. The number of hydrogen-bond acceptors (Lipinski definition) is 4. The maximum absolute atomic E-state index is 14.1. The van der Waals surface area contributed by atoms with Gasteiger partial charge in [-0.15, -0.1) is 0 Å². The lowest BCUT2D eigenvalue weighted by molar-refractivity contribution is 0.0947. The monoisotopic (exact) mass is 439 g/mol. The second-order valence-electron chi connectivity index (χ2n) is 6.65. The first-order chi connectivity index (χ1) is 14.5. The molecular formula is C22H19ClN3O3P. The van der Waals surface area contributed by atoms with Gasteiger partial charge in [-0.2, -0.15) is 0 Å². The lowest BCUT2D eigenvalue weighted by Gasteiger charge is -2.18. The van der Waals surface area contributed by atoms with Crippen molar-refractivity contribution < 1.29 is 13.9 Å². The summed E-state index contributed by atoms with van der Waals surface area (Å²) in [5.74, 6) is -0.387. The Morgan fingerprint density at radius 1 is 1.13 bits per heavy atom. The van der Waals surface area contributed by atoms with Crippen molar-refractivity contribution >= 4 is 46.4 Å². The van der Waals surface area contributed by atoms with E-state index in [9.17, 15) is 9.36 Å². The number of pyridine rings is 1. The third-order valence-electron chi connectivity index (χ3n) is 4.81. The summed E-state index contributed by atoms with van der Waals surface area (Å²) in [7, 11) is -2.19. The molecule has 2 heterocycles. The van der Waals surface area contributed by atoms with Crippen molar-refractivity contribution in [3.63, 3.8) is 0 Å². The summed E-state index contributed by atoms with van der Waals surface area (Å²) in [5, 5.41) is 4.74. The van der Waals surface area contributed by atoms with Gasteiger partial charge in [0.15, 0.2) is 0 Å². The topological polar surface area (TPSA) is 84.1 Å². The van der Waals surface area contributed by atoms with Crippen molar-refractivity contribution in [2.45, 2.75) is 6.54 Å². The van der Waals surface area contributed by atoms with Crippen LogP contribution in [0.25, 0.3) is 10.9 Å². The molecule has 6 nitrogen and oxygen atoms in total. The van der Waals surface area contributed by atoms with E-state index in [-0.39, 0.29) is 11.6 Å². The summed E-state index contributed by atoms with van der Waals surface area (Å²) >= 11 is 6.21. The molecule has 1 atom stereocenters. The molecule has 1 unspecified atom stereocenters. The van der Waals surface area contributed by atoms with Crippen LogP contribution in [0.5, 0.6) is 0 Å². The van der Waals surface area contributed by atoms with Crippen molar-refractivity contribution in [3.05, 3.63) is 89.3 Å². The molecule has 0 aliphatic rings. The van der Waals surface area contributed by atoms with Crippen LogP contribution in [0.2, 0.25) is 5.02 Å². The molecule has 152 valence electrons. The zero-order chi connectivity index (χ0) is 21.1. The van der Waals surface area contributed by atoms with Crippen molar-refractivity contribution in [1.82, 2.24) is 15.3 Å². The Hall–Kier alpha value is -2.92. The lowest BCUT2D eigenvalue weighted by atomic mass is 10.2. The summed E-state index contributed by atoms with van der Waals surface area (Å²) in [4.78, 5) is 20.2. The smallest absolute Gasteiger partial charge is 0.268 e. The molecule has 0 saturated heterocycles. The van der Waals surface area contributed by atoms with Gasteiger partial charge < -0.3 is 14.8 Å². The fourth-order valence-corrected chi connectivity index (χ4v) is 5.68. The predicted octanol–water partition coefficient (Wildman–Crippen LogP) is 4.02. The Balaban J connectivity index is 1.84. The highest BCUT2D eigenvalue weighted by atomic mass is 35.5. The molecule has 0 fully saturated rings. The number of carbonyl (C=O) groups excluding carboxylic acids is 1. The molecule has 0 aliphatic carbocycles. The van der Waals surface area contributed by atoms with E-state index < -0.39 is 7.37 Å². The van der Waals surface area contributed by atoms with E-state index in [0.717, 1.165) is 5.56 Å². The number of aromatic amines is 1. The molecule has 2 N–H and O–H groups in total. The number of fused-ring (bicyclic) bond motifs is 1. The summed E-state index contributed by atoms with van der Waals surface area (Å²) in [5.41, 5.74) is 1.74. The maximum Gasteiger partial charge on any atom is 0.268 e. The number of rotatable bonds is 6. The number of nitrogens with zero attached hydrogens (tertiary/aromatic N) is 1. The highest BCUT2D eigenvalue weighted by molar-refractivity contribution is 7.75. The van der Waals surface area contributed by atoms with Crippen molar-refractivity contribution in [3.8, 4) is 0 Å². The number of nitrogens with one attached hydrogen (secondary N) is 2. The minimum absolute atomic E-state index is 0.190. The zero-order valence-electron chi connectivity index (χ0n) is 16.1. The molecular weight excluding hydrogens is 421 g/mol. The molecule has 0 saturated carbocycles. The first-order valence-corrected chi connectivity index (χ1v) is 11.2. The number of aromatic nitrogens is 2. The highest BCUT2D eigenvalue weighted by Crippen LogP contribution is 2.47. The van der Waals surface area contributed by atoms with E-state index >= 15 is 0 Å². The van der Waals surface area contributed by atoms with Crippen molar-refractivity contribution in [2.24, 2.45) is 0 Å². The number of benzene rings is 2. The Morgan fingerprint density at radius 2 is 1.87 bits per heavy atom. The second-order valence-corrected chi connectivity index (χ2v) is 9.51. The van der Waals surface area contributed by atoms with Gasteiger partial charge in [0.2, 0.25) is 0 Å². The van der Waals surface area contributed by atoms with Gasteiger partial charge in [-0.3, -0.25) is 14.3 Å². The van der Waals surface area contributed by atoms with E-state index in [1.54, 1.807) is 54.9 Å². The van der Waals surface area contributed by atoms with E-state index in [1.165, 1.54) is 7.11 Å². The van der Waals surface area contributed by atoms with Gasteiger partial charge in [0.05, 0.1) is 5.30 Å². The van der Waals surface area contributed by atoms with Gasteiger partial charge in [0.25, 0.3) is 13.3 Å². The molecule has 0 bridgehead atoms. The van der Waals surface area contributed by atoms with Crippen LogP contribution in [0.15, 0.2) is 73.1 Å². The molecule has 0 spiro atoms. The average Bonchev–Trinajstić information content (AvgIpc) is 3.17. The van der Waals surface area contributed by atoms with Crippen LogP contribution in [-0.4, -0.2) is 23.0 Å². The number of hydrogen-bond donors (Lipinski definition) is 2. The largest absolute Gasteiger partial charge is 0.350 e. The second kappa shape index (κ2) is 8.44. The summed E-state index contributed by atoms with van der Waals surface area (Å²) in [6, 6.07) is 17.6. The summed E-state index contributed by atoms with van der Waals surface area (Å²) in [6.07, 6.45) is 3.32. The van der Waals surface area contributed by atoms with Gasteiger partial charge >= 0.3 is 0 Å². The van der Waals surface area contributed by atoms with Gasteiger partial charge in [-0.1, -0.05) is 29.8 Å². The van der Waals surface area contributed by atoms with Crippen LogP contribution in [0, 0.1) is 0 Å². The molecule has 0 aliphatic heterocycles. The standard InChI is InChI=1S/C22H19ClN3O3P/c1-29-30(28,17-5-3-2-4-6-17)21-18-13-16(23)7-8-19(18)26-20(21)22(27)25-14-15-9-11-24-12-10-15/h2-13,26H,14H2,1H3,(H,25,27). The zero-order valence-corrected chi connectivity index (χ0v) is 17.8. The first kappa shape index (κ1) is 20.4. The molecule has 2 aromatic carbocycles. The third-order valence-corrected chi connectivity index (χ3v) is 7.59. The van der Waals surface area contributed by atoms with E-state index in [2.05, 4.69) is 15.3 Å².